The van der Waals surface area contributed by atoms with E-state index in [0.29, 0.717) is 45.9 Å². The number of aliphatic imine (C=N–C) groups is 1. The van der Waals surface area contributed by atoms with E-state index in [4.69, 9.17) is 9.73 Å². The SMILES string of the molecule is COCCNC(=NCc1nnc(C)n1C)N1CCN(c2ccc(C(F)(F)F)cc2)CC1.I. The molecule has 3 rings (SSSR count). The molecule has 1 saturated heterocycles. The number of hydrogen-bond acceptors (Lipinski definition) is 5. The molecule has 178 valence electrons. The second-order valence-corrected chi connectivity index (χ2v) is 7.30. The van der Waals surface area contributed by atoms with Crippen LogP contribution in [0.4, 0.5) is 18.9 Å². The number of alkyl halides is 3. The molecule has 1 N–H and O–H groups in total. The van der Waals surface area contributed by atoms with Gasteiger partial charge >= 0.3 is 6.18 Å². The van der Waals surface area contributed by atoms with E-state index in [1.165, 1.54) is 12.1 Å². The van der Waals surface area contributed by atoms with Crippen LogP contribution in [0.2, 0.25) is 0 Å². The highest BCUT2D eigenvalue weighted by atomic mass is 127. The van der Waals surface area contributed by atoms with Gasteiger partial charge in [-0.05, 0) is 31.2 Å². The molecule has 1 aliphatic rings. The van der Waals surface area contributed by atoms with E-state index < -0.39 is 11.7 Å². The van der Waals surface area contributed by atoms with Gasteiger partial charge in [0.25, 0.3) is 0 Å². The van der Waals surface area contributed by atoms with Gasteiger partial charge in [-0.25, -0.2) is 4.99 Å². The van der Waals surface area contributed by atoms with Crippen molar-refractivity contribution in [2.45, 2.75) is 19.6 Å². The van der Waals surface area contributed by atoms with E-state index >= 15 is 0 Å². The molecule has 32 heavy (non-hydrogen) atoms. The summed E-state index contributed by atoms with van der Waals surface area (Å²) in [6, 6.07) is 5.31. The van der Waals surface area contributed by atoms with E-state index in [2.05, 4.69) is 25.3 Å². The number of hydrogen-bond donors (Lipinski definition) is 1. The van der Waals surface area contributed by atoms with Crippen LogP contribution in [0.5, 0.6) is 0 Å². The van der Waals surface area contributed by atoms with Gasteiger partial charge in [0.1, 0.15) is 12.4 Å². The predicted molar refractivity (Wildman–Crippen MR) is 127 cm³/mol. The smallest absolute Gasteiger partial charge is 0.383 e. The summed E-state index contributed by atoms with van der Waals surface area (Å²) in [4.78, 5) is 8.93. The first kappa shape index (κ1) is 26.2. The first-order chi connectivity index (χ1) is 14.8. The Hall–Kier alpha value is -2.09. The fourth-order valence-electron chi connectivity index (χ4n) is 3.30. The van der Waals surface area contributed by atoms with Gasteiger partial charge in [-0.1, -0.05) is 0 Å². The Bertz CT molecular complexity index is 878. The third kappa shape index (κ3) is 6.70. The summed E-state index contributed by atoms with van der Waals surface area (Å²) in [7, 11) is 3.55. The van der Waals surface area contributed by atoms with E-state index in [1.807, 2.05) is 18.5 Å². The normalized spacial score (nSPS) is 15.0. The number of aryl methyl sites for hydroxylation is 1. The molecule has 2 heterocycles. The topological polar surface area (TPSA) is 70.8 Å². The monoisotopic (exact) mass is 567 g/mol. The fourth-order valence-corrected chi connectivity index (χ4v) is 3.30. The number of ether oxygens (including phenoxy) is 1. The van der Waals surface area contributed by atoms with Crippen LogP contribution in [0.1, 0.15) is 17.2 Å². The van der Waals surface area contributed by atoms with Crippen LogP contribution in [0, 0.1) is 6.92 Å². The van der Waals surface area contributed by atoms with Gasteiger partial charge in [0.05, 0.1) is 12.2 Å². The van der Waals surface area contributed by atoms with Crippen molar-refractivity contribution in [3.8, 4) is 0 Å². The van der Waals surface area contributed by atoms with Gasteiger partial charge in [0, 0.05) is 52.6 Å². The molecule has 0 saturated carbocycles. The van der Waals surface area contributed by atoms with E-state index in [0.717, 1.165) is 35.4 Å². The minimum absolute atomic E-state index is 0. The van der Waals surface area contributed by atoms with Crippen LogP contribution < -0.4 is 10.2 Å². The lowest BCUT2D eigenvalue weighted by Gasteiger charge is -2.37. The van der Waals surface area contributed by atoms with Crippen molar-refractivity contribution in [3.63, 3.8) is 0 Å². The Morgan fingerprint density at radius 2 is 1.78 bits per heavy atom. The molecule has 1 aliphatic heterocycles. The molecular weight excluding hydrogens is 538 g/mol. The summed E-state index contributed by atoms with van der Waals surface area (Å²) in [5, 5.41) is 11.5. The highest BCUT2D eigenvalue weighted by molar-refractivity contribution is 14.0. The maximum absolute atomic E-state index is 12.8. The highest BCUT2D eigenvalue weighted by Crippen LogP contribution is 2.30. The fraction of sp³-hybridized carbons (Fsp3) is 0.550. The van der Waals surface area contributed by atoms with Gasteiger partial charge in [0.2, 0.25) is 0 Å². The molecule has 1 aromatic carbocycles. The number of piperazine rings is 1. The van der Waals surface area contributed by atoms with Gasteiger partial charge in [-0.15, -0.1) is 34.2 Å². The number of nitrogens with one attached hydrogen (secondary N) is 1. The number of anilines is 1. The zero-order chi connectivity index (χ0) is 22.4. The third-order valence-electron chi connectivity index (χ3n) is 5.28. The molecule has 1 aromatic heterocycles. The average Bonchev–Trinajstić information content (AvgIpc) is 3.08. The van der Waals surface area contributed by atoms with Crippen molar-refractivity contribution in [1.29, 1.82) is 0 Å². The third-order valence-corrected chi connectivity index (χ3v) is 5.28. The lowest BCUT2D eigenvalue weighted by Crippen LogP contribution is -2.53. The summed E-state index contributed by atoms with van der Waals surface area (Å²) < 4.78 is 45.4. The quantitative estimate of drug-likeness (QED) is 0.251. The van der Waals surface area contributed by atoms with Crippen LogP contribution in [0.3, 0.4) is 0 Å². The number of benzene rings is 1. The zero-order valence-electron chi connectivity index (χ0n) is 18.4. The minimum atomic E-state index is -4.32. The lowest BCUT2D eigenvalue weighted by molar-refractivity contribution is -0.137. The maximum Gasteiger partial charge on any atom is 0.416 e. The number of nitrogens with zero attached hydrogens (tertiary/aromatic N) is 6. The first-order valence-electron chi connectivity index (χ1n) is 10.1. The molecule has 0 bridgehead atoms. The van der Waals surface area contributed by atoms with Crippen molar-refractivity contribution in [1.82, 2.24) is 25.0 Å². The summed E-state index contributed by atoms with van der Waals surface area (Å²) in [5.74, 6) is 2.35. The van der Waals surface area contributed by atoms with Crippen molar-refractivity contribution >= 4 is 35.6 Å². The molecule has 0 spiro atoms. The van der Waals surface area contributed by atoms with Crippen molar-refractivity contribution in [3.05, 3.63) is 41.5 Å². The van der Waals surface area contributed by atoms with Crippen LogP contribution in [0.15, 0.2) is 29.3 Å². The Balaban J connectivity index is 0.00000363. The van der Waals surface area contributed by atoms with Gasteiger partial charge in [-0.3, -0.25) is 0 Å². The van der Waals surface area contributed by atoms with Crippen molar-refractivity contribution < 1.29 is 17.9 Å². The number of guanidine groups is 1. The van der Waals surface area contributed by atoms with Crippen LogP contribution >= 0.6 is 24.0 Å². The average molecular weight is 567 g/mol. The van der Waals surface area contributed by atoms with Gasteiger partial charge < -0.3 is 24.4 Å². The maximum atomic E-state index is 12.8. The van der Waals surface area contributed by atoms with Crippen molar-refractivity contribution in [2.24, 2.45) is 12.0 Å². The molecule has 0 aliphatic carbocycles. The van der Waals surface area contributed by atoms with Gasteiger partial charge in [-0.2, -0.15) is 13.2 Å². The summed E-state index contributed by atoms with van der Waals surface area (Å²) in [6.45, 7) is 6.19. The lowest BCUT2D eigenvalue weighted by atomic mass is 10.1. The number of aromatic nitrogens is 3. The number of halogens is 4. The Labute approximate surface area is 202 Å². The van der Waals surface area contributed by atoms with E-state index in [9.17, 15) is 13.2 Å². The molecule has 8 nitrogen and oxygen atoms in total. The van der Waals surface area contributed by atoms with Gasteiger partial charge in [0.15, 0.2) is 11.8 Å². The summed E-state index contributed by atoms with van der Waals surface area (Å²) in [6.07, 6.45) is -4.32. The van der Waals surface area contributed by atoms with Crippen LogP contribution in [-0.4, -0.2) is 72.1 Å². The zero-order valence-corrected chi connectivity index (χ0v) is 20.7. The second-order valence-electron chi connectivity index (χ2n) is 7.30. The molecule has 1 fully saturated rings. The highest BCUT2D eigenvalue weighted by Gasteiger charge is 2.30. The number of rotatable bonds is 6. The van der Waals surface area contributed by atoms with E-state index in [1.54, 1.807) is 7.11 Å². The molecular formula is C20H29F3IN7O. The molecule has 0 radical (unpaired) electrons. The van der Waals surface area contributed by atoms with Crippen LogP contribution in [-0.2, 0) is 24.5 Å². The summed E-state index contributed by atoms with van der Waals surface area (Å²) >= 11 is 0. The largest absolute Gasteiger partial charge is 0.416 e. The molecule has 0 amide bonds. The first-order valence-corrected chi connectivity index (χ1v) is 10.1. The Morgan fingerprint density at radius 3 is 2.31 bits per heavy atom. The minimum Gasteiger partial charge on any atom is -0.383 e. The van der Waals surface area contributed by atoms with Crippen molar-refractivity contribution in [2.75, 3.05) is 51.3 Å². The van der Waals surface area contributed by atoms with Crippen LogP contribution in [0.25, 0.3) is 0 Å². The molecule has 0 atom stereocenters. The summed E-state index contributed by atoms with van der Waals surface area (Å²) in [5.41, 5.74) is 0.152. The molecule has 0 unspecified atom stereocenters. The molecule has 2 aromatic rings. The Kier molecular flexibility index (Phi) is 9.55. The number of methoxy groups -OCH3 is 1. The standard InChI is InChI=1S/C20H28F3N7O.HI/c1-15-26-27-18(28(15)2)14-25-19(24-8-13-31-3)30-11-9-29(10-12-30)17-6-4-16(5-7-17)20(21,22)23;/h4-7H,8-14H2,1-3H3,(H,24,25);1H. The predicted octanol–water partition coefficient (Wildman–Crippen LogP) is 2.67. The molecule has 12 heteroatoms. The Morgan fingerprint density at radius 1 is 1.12 bits per heavy atom. The van der Waals surface area contributed by atoms with E-state index in [-0.39, 0.29) is 24.0 Å². The second kappa shape index (κ2) is 11.7.